The van der Waals surface area contributed by atoms with Gasteiger partial charge in [-0.15, -0.1) is 0 Å². The molecule has 0 N–H and O–H groups in total. The van der Waals surface area contributed by atoms with Gasteiger partial charge in [-0.25, -0.2) is 0 Å². The number of hydrogen-bond donors (Lipinski definition) is 0. The largest absolute Gasteiger partial charge is 0.492 e. The number of halogens is 1. The second-order valence-corrected chi connectivity index (χ2v) is 4.82. The highest BCUT2D eigenvalue weighted by Gasteiger charge is 2.10. The third-order valence-corrected chi connectivity index (χ3v) is 2.91. The molecule has 112 valence electrons. The molecule has 0 fully saturated rings. The molecule has 0 aliphatic carbocycles. The molecule has 20 heavy (non-hydrogen) atoms. The van der Waals surface area contributed by atoms with Crippen LogP contribution in [-0.4, -0.2) is 43.7 Å². The molecular weight excluding hydrogens is 278 g/mol. The number of esters is 1. The predicted molar refractivity (Wildman–Crippen MR) is 80.3 cm³/mol. The SMILES string of the molecule is CCCN(CCOc1cccc(Cl)c1)CC(=O)OCC. The maximum Gasteiger partial charge on any atom is 0.320 e. The van der Waals surface area contributed by atoms with Crippen molar-refractivity contribution in [2.45, 2.75) is 20.3 Å². The Balaban J connectivity index is 2.36. The molecule has 1 rings (SSSR count). The van der Waals surface area contributed by atoms with Gasteiger partial charge in [-0.2, -0.15) is 0 Å². The first-order valence-corrected chi connectivity index (χ1v) is 7.29. The fraction of sp³-hybridized carbons (Fsp3) is 0.533. The van der Waals surface area contributed by atoms with E-state index in [1.807, 2.05) is 24.0 Å². The minimum Gasteiger partial charge on any atom is -0.492 e. The minimum atomic E-state index is -0.191. The van der Waals surface area contributed by atoms with E-state index in [1.54, 1.807) is 12.1 Å². The lowest BCUT2D eigenvalue weighted by Gasteiger charge is -2.20. The molecule has 0 saturated carbocycles. The van der Waals surface area contributed by atoms with Crippen molar-refractivity contribution in [2.75, 3.05) is 32.8 Å². The first-order valence-electron chi connectivity index (χ1n) is 6.92. The Morgan fingerprint density at radius 3 is 2.75 bits per heavy atom. The van der Waals surface area contributed by atoms with E-state index in [9.17, 15) is 4.79 Å². The fourth-order valence-corrected chi connectivity index (χ4v) is 2.01. The Kier molecular flexibility index (Phi) is 8.07. The first-order chi connectivity index (χ1) is 9.65. The standard InChI is InChI=1S/C15H22ClNO3/c1-3-8-17(12-15(18)19-4-2)9-10-20-14-7-5-6-13(16)11-14/h5-7,11H,3-4,8-10,12H2,1-2H3. The normalized spacial score (nSPS) is 10.6. The number of hydrogen-bond acceptors (Lipinski definition) is 4. The van der Waals surface area contributed by atoms with Gasteiger partial charge >= 0.3 is 5.97 Å². The van der Waals surface area contributed by atoms with E-state index in [-0.39, 0.29) is 5.97 Å². The summed E-state index contributed by atoms with van der Waals surface area (Å²) in [7, 11) is 0. The second kappa shape index (κ2) is 9.61. The fourth-order valence-electron chi connectivity index (χ4n) is 1.82. The molecule has 0 aliphatic rings. The maximum atomic E-state index is 11.5. The van der Waals surface area contributed by atoms with Crippen LogP contribution in [0.1, 0.15) is 20.3 Å². The maximum absolute atomic E-state index is 11.5. The molecule has 0 aromatic heterocycles. The summed E-state index contributed by atoms with van der Waals surface area (Å²) in [6.45, 7) is 6.65. The van der Waals surface area contributed by atoms with Gasteiger partial charge in [0, 0.05) is 11.6 Å². The molecule has 5 heteroatoms. The first kappa shape index (κ1) is 16.8. The molecule has 0 atom stereocenters. The van der Waals surface area contributed by atoms with Crippen molar-refractivity contribution in [1.82, 2.24) is 4.90 Å². The quantitative estimate of drug-likeness (QED) is 0.657. The topological polar surface area (TPSA) is 38.8 Å². The van der Waals surface area contributed by atoms with Crippen LogP contribution in [0.5, 0.6) is 5.75 Å². The zero-order chi connectivity index (χ0) is 14.8. The average Bonchev–Trinajstić information content (AvgIpc) is 2.39. The van der Waals surface area contributed by atoms with Crippen LogP contribution in [0.2, 0.25) is 5.02 Å². The lowest BCUT2D eigenvalue weighted by Crippen LogP contribution is -2.35. The van der Waals surface area contributed by atoms with E-state index >= 15 is 0 Å². The van der Waals surface area contributed by atoms with Gasteiger partial charge in [0.1, 0.15) is 12.4 Å². The monoisotopic (exact) mass is 299 g/mol. The van der Waals surface area contributed by atoms with E-state index in [0.29, 0.717) is 31.3 Å². The van der Waals surface area contributed by atoms with Crippen LogP contribution < -0.4 is 4.74 Å². The van der Waals surface area contributed by atoms with Crippen LogP contribution in [-0.2, 0) is 9.53 Å². The summed E-state index contributed by atoms with van der Waals surface area (Å²) in [5.41, 5.74) is 0. The lowest BCUT2D eigenvalue weighted by atomic mass is 10.3. The van der Waals surface area contributed by atoms with Crippen molar-refractivity contribution >= 4 is 17.6 Å². The van der Waals surface area contributed by atoms with Crippen molar-refractivity contribution < 1.29 is 14.3 Å². The molecule has 0 saturated heterocycles. The highest BCUT2D eigenvalue weighted by Crippen LogP contribution is 2.16. The number of rotatable bonds is 9. The molecule has 0 heterocycles. The van der Waals surface area contributed by atoms with Gasteiger partial charge in [-0.1, -0.05) is 24.6 Å². The van der Waals surface area contributed by atoms with Gasteiger partial charge in [0.15, 0.2) is 0 Å². The molecule has 0 bridgehead atoms. The summed E-state index contributed by atoms with van der Waals surface area (Å²) in [5.74, 6) is 0.550. The summed E-state index contributed by atoms with van der Waals surface area (Å²) in [6, 6.07) is 7.29. The van der Waals surface area contributed by atoms with Gasteiger partial charge in [-0.05, 0) is 38.1 Å². The van der Waals surface area contributed by atoms with E-state index in [2.05, 4.69) is 6.92 Å². The molecule has 0 spiro atoms. The molecule has 0 radical (unpaired) electrons. The van der Waals surface area contributed by atoms with Crippen LogP contribution in [0, 0.1) is 0 Å². The van der Waals surface area contributed by atoms with Gasteiger partial charge in [0.2, 0.25) is 0 Å². The van der Waals surface area contributed by atoms with Crippen molar-refractivity contribution in [3.63, 3.8) is 0 Å². The van der Waals surface area contributed by atoms with Crippen LogP contribution >= 0.6 is 11.6 Å². The summed E-state index contributed by atoms with van der Waals surface area (Å²) in [6.07, 6.45) is 0.983. The van der Waals surface area contributed by atoms with Gasteiger partial charge in [-0.3, -0.25) is 9.69 Å². The van der Waals surface area contributed by atoms with Crippen LogP contribution in [0.15, 0.2) is 24.3 Å². The Morgan fingerprint density at radius 1 is 1.30 bits per heavy atom. The third-order valence-electron chi connectivity index (χ3n) is 2.67. The van der Waals surface area contributed by atoms with Gasteiger partial charge < -0.3 is 9.47 Å². The van der Waals surface area contributed by atoms with E-state index in [4.69, 9.17) is 21.1 Å². The predicted octanol–water partition coefficient (Wildman–Crippen LogP) is 2.99. The lowest BCUT2D eigenvalue weighted by molar-refractivity contribution is -0.144. The van der Waals surface area contributed by atoms with Crippen molar-refractivity contribution in [2.24, 2.45) is 0 Å². The number of ether oxygens (including phenoxy) is 2. The molecular formula is C15H22ClNO3. The number of benzene rings is 1. The number of carbonyl (C=O) groups is 1. The van der Waals surface area contributed by atoms with Crippen molar-refractivity contribution in [1.29, 1.82) is 0 Å². The number of carbonyl (C=O) groups excluding carboxylic acids is 1. The molecule has 4 nitrogen and oxygen atoms in total. The van der Waals surface area contributed by atoms with Gasteiger partial charge in [0.05, 0.1) is 13.2 Å². The summed E-state index contributed by atoms with van der Waals surface area (Å²) in [5, 5.41) is 0.652. The summed E-state index contributed by atoms with van der Waals surface area (Å²) in [4.78, 5) is 13.5. The Hall–Kier alpha value is -1.26. The number of nitrogens with zero attached hydrogens (tertiary/aromatic N) is 1. The highest BCUT2D eigenvalue weighted by molar-refractivity contribution is 6.30. The molecule has 0 unspecified atom stereocenters. The molecule has 0 amide bonds. The van der Waals surface area contributed by atoms with Crippen molar-refractivity contribution in [3.05, 3.63) is 29.3 Å². The Morgan fingerprint density at radius 2 is 2.10 bits per heavy atom. The summed E-state index contributed by atoms with van der Waals surface area (Å²) >= 11 is 5.89. The molecule has 0 aliphatic heterocycles. The van der Waals surface area contributed by atoms with E-state index < -0.39 is 0 Å². The average molecular weight is 300 g/mol. The zero-order valence-corrected chi connectivity index (χ0v) is 12.9. The van der Waals surface area contributed by atoms with E-state index in [0.717, 1.165) is 18.7 Å². The van der Waals surface area contributed by atoms with Gasteiger partial charge in [0.25, 0.3) is 0 Å². The Bertz CT molecular complexity index is 412. The van der Waals surface area contributed by atoms with Crippen LogP contribution in [0.3, 0.4) is 0 Å². The zero-order valence-electron chi connectivity index (χ0n) is 12.1. The highest BCUT2D eigenvalue weighted by atomic mass is 35.5. The van der Waals surface area contributed by atoms with Crippen LogP contribution in [0.4, 0.5) is 0 Å². The van der Waals surface area contributed by atoms with Crippen molar-refractivity contribution in [3.8, 4) is 5.75 Å². The third kappa shape index (κ3) is 6.78. The molecule has 1 aromatic carbocycles. The smallest absolute Gasteiger partial charge is 0.320 e. The second-order valence-electron chi connectivity index (χ2n) is 4.39. The summed E-state index contributed by atoms with van der Waals surface area (Å²) < 4.78 is 10.6. The molecule has 1 aromatic rings. The Labute approximate surface area is 125 Å². The van der Waals surface area contributed by atoms with Crippen LogP contribution in [0.25, 0.3) is 0 Å². The van der Waals surface area contributed by atoms with E-state index in [1.165, 1.54) is 0 Å². The minimum absolute atomic E-state index is 0.191.